The topological polar surface area (TPSA) is 21.3 Å². The number of hydrogen-bond acceptors (Lipinski definition) is 2. The van der Waals surface area contributed by atoms with Gasteiger partial charge in [-0.1, -0.05) is 60.1 Å². The largest absolute Gasteiger partial charge is 0.489 e. The second-order valence-corrected chi connectivity index (χ2v) is 5.98. The Hall–Kier alpha value is -1.32. The van der Waals surface area contributed by atoms with Crippen LogP contribution in [0, 0.1) is 0 Å². The Balaban J connectivity index is 2.02. The number of para-hydroxylation sites is 1. The lowest BCUT2D eigenvalue weighted by Crippen LogP contribution is -2.22. The predicted molar refractivity (Wildman–Crippen MR) is 86.9 cm³/mol. The Labute approximate surface area is 129 Å². The molecule has 0 aliphatic heterocycles. The van der Waals surface area contributed by atoms with E-state index in [0.29, 0.717) is 12.6 Å². The molecule has 0 saturated heterocycles. The van der Waals surface area contributed by atoms with E-state index in [9.17, 15) is 0 Å². The first-order valence-electron chi connectivity index (χ1n) is 6.83. The summed E-state index contributed by atoms with van der Waals surface area (Å²) in [5, 5.41) is 3.42. The standard InChI is InChI=1S/C17H20BrNO/c1-13(2)19-11-15-7-3-4-9-17(15)20-12-14-6-5-8-16(18)10-14/h3-10,13,19H,11-12H2,1-2H3. The van der Waals surface area contributed by atoms with Crippen molar-refractivity contribution in [1.29, 1.82) is 0 Å². The van der Waals surface area contributed by atoms with E-state index in [1.54, 1.807) is 0 Å². The summed E-state index contributed by atoms with van der Waals surface area (Å²) in [4.78, 5) is 0. The Morgan fingerprint density at radius 2 is 1.90 bits per heavy atom. The summed E-state index contributed by atoms with van der Waals surface area (Å²) in [6, 6.07) is 16.8. The smallest absolute Gasteiger partial charge is 0.124 e. The summed E-state index contributed by atoms with van der Waals surface area (Å²) >= 11 is 3.48. The van der Waals surface area contributed by atoms with Gasteiger partial charge in [0.25, 0.3) is 0 Å². The van der Waals surface area contributed by atoms with E-state index in [2.05, 4.69) is 53.3 Å². The van der Waals surface area contributed by atoms with Crippen molar-refractivity contribution in [3.8, 4) is 5.75 Å². The van der Waals surface area contributed by atoms with Crippen molar-refractivity contribution in [2.75, 3.05) is 0 Å². The highest BCUT2D eigenvalue weighted by Gasteiger charge is 2.04. The summed E-state index contributed by atoms with van der Waals surface area (Å²) in [7, 11) is 0. The molecule has 3 heteroatoms. The van der Waals surface area contributed by atoms with E-state index in [1.807, 2.05) is 30.3 Å². The highest BCUT2D eigenvalue weighted by molar-refractivity contribution is 9.10. The Morgan fingerprint density at radius 3 is 2.65 bits per heavy atom. The van der Waals surface area contributed by atoms with Crippen LogP contribution in [0.15, 0.2) is 53.0 Å². The molecule has 0 radical (unpaired) electrons. The minimum Gasteiger partial charge on any atom is -0.489 e. The summed E-state index contributed by atoms with van der Waals surface area (Å²) in [6.07, 6.45) is 0. The molecule has 0 spiro atoms. The lowest BCUT2D eigenvalue weighted by atomic mass is 10.2. The molecule has 1 N–H and O–H groups in total. The molecular formula is C17H20BrNO. The molecule has 0 aliphatic carbocycles. The van der Waals surface area contributed by atoms with Crippen LogP contribution < -0.4 is 10.1 Å². The van der Waals surface area contributed by atoms with Gasteiger partial charge >= 0.3 is 0 Å². The van der Waals surface area contributed by atoms with Crippen molar-refractivity contribution in [1.82, 2.24) is 5.32 Å². The lowest BCUT2D eigenvalue weighted by Gasteiger charge is -2.13. The third kappa shape index (κ3) is 4.66. The molecule has 0 atom stereocenters. The zero-order chi connectivity index (χ0) is 14.4. The normalized spacial score (nSPS) is 10.8. The van der Waals surface area contributed by atoms with Crippen LogP contribution in [0.2, 0.25) is 0 Å². The highest BCUT2D eigenvalue weighted by Crippen LogP contribution is 2.20. The van der Waals surface area contributed by atoms with Crippen molar-refractivity contribution >= 4 is 15.9 Å². The number of nitrogens with one attached hydrogen (secondary N) is 1. The molecule has 0 aliphatic rings. The first kappa shape index (κ1) is 15.1. The first-order valence-corrected chi connectivity index (χ1v) is 7.63. The third-order valence-electron chi connectivity index (χ3n) is 2.96. The van der Waals surface area contributed by atoms with Gasteiger partial charge in [-0.3, -0.25) is 0 Å². The summed E-state index contributed by atoms with van der Waals surface area (Å²) in [6.45, 7) is 5.69. The molecule has 0 saturated carbocycles. The average Bonchev–Trinajstić information content (AvgIpc) is 2.44. The minimum absolute atomic E-state index is 0.466. The fourth-order valence-electron chi connectivity index (χ4n) is 1.89. The molecule has 0 aromatic heterocycles. The molecule has 0 unspecified atom stereocenters. The van der Waals surface area contributed by atoms with Gasteiger partial charge in [0, 0.05) is 22.6 Å². The van der Waals surface area contributed by atoms with E-state index in [1.165, 1.54) is 5.56 Å². The Kier molecular flexibility index (Phi) is 5.62. The Bertz CT molecular complexity index is 554. The van der Waals surface area contributed by atoms with Crippen LogP contribution >= 0.6 is 15.9 Å². The van der Waals surface area contributed by atoms with Crippen molar-refractivity contribution < 1.29 is 4.74 Å². The quantitative estimate of drug-likeness (QED) is 0.838. The van der Waals surface area contributed by atoms with Crippen molar-refractivity contribution in [2.45, 2.75) is 33.0 Å². The van der Waals surface area contributed by atoms with Gasteiger partial charge in [0.2, 0.25) is 0 Å². The summed E-state index contributed by atoms with van der Waals surface area (Å²) in [5.74, 6) is 0.945. The van der Waals surface area contributed by atoms with Gasteiger partial charge in [-0.25, -0.2) is 0 Å². The van der Waals surface area contributed by atoms with E-state index in [4.69, 9.17) is 4.74 Å². The maximum absolute atomic E-state index is 5.95. The van der Waals surface area contributed by atoms with Gasteiger partial charge in [0.1, 0.15) is 12.4 Å². The molecule has 2 nitrogen and oxygen atoms in total. The molecule has 106 valence electrons. The van der Waals surface area contributed by atoms with Crippen molar-refractivity contribution in [3.05, 3.63) is 64.1 Å². The lowest BCUT2D eigenvalue weighted by molar-refractivity contribution is 0.301. The number of ether oxygens (including phenoxy) is 1. The second kappa shape index (κ2) is 7.46. The van der Waals surface area contributed by atoms with Gasteiger partial charge in [0.15, 0.2) is 0 Å². The van der Waals surface area contributed by atoms with Crippen molar-refractivity contribution in [2.24, 2.45) is 0 Å². The zero-order valence-electron chi connectivity index (χ0n) is 11.9. The molecule has 0 amide bonds. The van der Waals surface area contributed by atoms with Crippen LogP contribution in [-0.4, -0.2) is 6.04 Å². The summed E-state index contributed by atoms with van der Waals surface area (Å²) in [5.41, 5.74) is 2.35. The fourth-order valence-corrected chi connectivity index (χ4v) is 2.34. The van der Waals surface area contributed by atoms with Crippen LogP contribution in [-0.2, 0) is 13.2 Å². The van der Waals surface area contributed by atoms with Crippen LogP contribution in [0.4, 0.5) is 0 Å². The van der Waals surface area contributed by atoms with Gasteiger partial charge < -0.3 is 10.1 Å². The third-order valence-corrected chi connectivity index (χ3v) is 3.45. The van der Waals surface area contributed by atoms with Gasteiger partial charge in [-0.2, -0.15) is 0 Å². The molecule has 2 aromatic rings. The molecule has 0 fully saturated rings. The van der Waals surface area contributed by atoms with E-state index in [-0.39, 0.29) is 0 Å². The predicted octanol–water partition coefficient (Wildman–Crippen LogP) is 4.53. The molecule has 2 aromatic carbocycles. The van der Waals surface area contributed by atoms with Gasteiger partial charge in [-0.05, 0) is 23.8 Å². The average molecular weight is 334 g/mol. The monoisotopic (exact) mass is 333 g/mol. The number of benzene rings is 2. The SMILES string of the molecule is CC(C)NCc1ccccc1OCc1cccc(Br)c1. The number of rotatable bonds is 6. The maximum Gasteiger partial charge on any atom is 0.124 e. The fraction of sp³-hybridized carbons (Fsp3) is 0.294. The van der Waals surface area contributed by atoms with E-state index < -0.39 is 0 Å². The molecule has 20 heavy (non-hydrogen) atoms. The Morgan fingerprint density at radius 1 is 1.10 bits per heavy atom. The first-order chi connectivity index (χ1) is 9.65. The maximum atomic E-state index is 5.95. The second-order valence-electron chi connectivity index (χ2n) is 5.06. The van der Waals surface area contributed by atoms with Gasteiger partial charge in [0.05, 0.1) is 0 Å². The van der Waals surface area contributed by atoms with E-state index >= 15 is 0 Å². The van der Waals surface area contributed by atoms with Crippen molar-refractivity contribution in [3.63, 3.8) is 0 Å². The van der Waals surface area contributed by atoms with Crippen LogP contribution in [0.3, 0.4) is 0 Å². The summed E-state index contributed by atoms with van der Waals surface area (Å²) < 4.78 is 7.03. The molecule has 0 bridgehead atoms. The van der Waals surface area contributed by atoms with Crippen LogP contribution in [0.1, 0.15) is 25.0 Å². The van der Waals surface area contributed by atoms with Crippen LogP contribution in [0.5, 0.6) is 5.75 Å². The minimum atomic E-state index is 0.466. The zero-order valence-corrected chi connectivity index (χ0v) is 13.5. The molecule has 0 heterocycles. The molecular weight excluding hydrogens is 314 g/mol. The van der Waals surface area contributed by atoms with E-state index in [0.717, 1.165) is 22.3 Å². The van der Waals surface area contributed by atoms with Crippen LogP contribution in [0.25, 0.3) is 0 Å². The number of hydrogen-bond donors (Lipinski definition) is 1. The molecule has 2 rings (SSSR count). The number of halogens is 1. The van der Waals surface area contributed by atoms with Gasteiger partial charge in [-0.15, -0.1) is 0 Å². The highest BCUT2D eigenvalue weighted by atomic mass is 79.9.